The molecule has 5 aromatic rings. The number of hydrogen-bond acceptors (Lipinski definition) is 6. The van der Waals surface area contributed by atoms with Crippen molar-refractivity contribution in [1.82, 2.24) is 14.6 Å². The maximum absolute atomic E-state index is 6.27. The molecule has 8 heteroatoms. The summed E-state index contributed by atoms with van der Waals surface area (Å²) in [5.41, 5.74) is 11.5. The number of nitrogens with zero attached hydrogens (tertiary/aromatic N) is 5. The van der Waals surface area contributed by atoms with Crippen LogP contribution in [-0.4, -0.2) is 21.7 Å². The number of anilines is 1. The summed E-state index contributed by atoms with van der Waals surface area (Å²) in [7, 11) is 1.62. The molecule has 0 saturated carbocycles. The molecule has 0 fully saturated rings. The monoisotopic (exact) mass is 498 g/mol. The van der Waals surface area contributed by atoms with Crippen molar-refractivity contribution in [1.29, 1.82) is 0 Å². The van der Waals surface area contributed by atoms with Gasteiger partial charge in [-0.1, -0.05) is 58.4 Å². The molecule has 0 atom stereocenters. The van der Waals surface area contributed by atoms with E-state index in [1.807, 2.05) is 84.9 Å². The summed E-state index contributed by atoms with van der Waals surface area (Å²) in [5, 5.41) is 13.3. The van der Waals surface area contributed by atoms with Crippen LogP contribution in [0.2, 0.25) is 0 Å². The highest BCUT2D eigenvalue weighted by Gasteiger charge is 2.17. The largest absolute Gasteiger partial charge is 0.497 e. The lowest BCUT2D eigenvalue weighted by Gasteiger charge is -2.09. The van der Waals surface area contributed by atoms with Crippen LogP contribution in [0.15, 0.2) is 99.6 Å². The first-order valence-corrected chi connectivity index (χ1v) is 11.0. The summed E-state index contributed by atoms with van der Waals surface area (Å²) < 4.78 is 7.91. The van der Waals surface area contributed by atoms with Gasteiger partial charge in [0, 0.05) is 15.6 Å². The molecule has 3 aromatic carbocycles. The number of benzene rings is 3. The predicted octanol–water partition coefficient (Wildman–Crippen LogP) is 6.83. The van der Waals surface area contributed by atoms with Gasteiger partial charge in [0.15, 0.2) is 17.2 Å². The van der Waals surface area contributed by atoms with E-state index in [1.165, 1.54) is 0 Å². The minimum absolute atomic E-state index is 0.255. The molecular weight excluding hydrogens is 480 g/mol. The highest BCUT2D eigenvalue weighted by atomic mass is 79.9. The number of ether oxygens (including phenoxy) is 1. The summed E-state index contributed by atoms with van der Waals surface area (Å²) in [5.74, 6) is 1.00. The summed E-state index contributed by atoms with van der Waals surface area (Å²) in [6, 6.07) is 27.3. The Kier molecular flexibility index (Phi) is 5.58. The number of fused-ring (bicyclic) bond motifs is 1. The molecule has 0 amide bonds. The number of nitrogens with two attached hydrogens (primary N) is 1. The molecule has 0 unspecified atom stereocenters. The molecule has 0 saturated heterocycles. The summed E-state index contributed by atoms with van der Waals surface area (Å²) >= 11 is 3.49. The van der Waals surface area contributed by atoms with E-state index in [1.54, 1.807) is 11.6 Å². The average molecular weight is 499 g/mol. The minimum atomic E-state index is 0.255. The van der Waals surface area contributed by atoms with Crippen molar-refractivity contribution in [2.24, 2.45) is 10.2 Å². The normalized spacial score (nSPS) is 11.3. The Morgan fingerprint density at radius 3 is 2.30 bits per heavy atom. The van der Waals surface area contributed by atoms with Gasteiger partial charge in [0.2, 0.25) is 0 Å². The third kappa shape index (κ3) is 4.20. The third-order valence-corrected chi connectivity index (χ3v) is 5.67. The minimum Gasteiger partial charge on any atom is -0.497 e. The zero-order chi connectivity index (χ0) is 22.8. The fraction of sp³-hybridized carbons (Fsp3) is 0.0400. The Labute approximate surface area is 198 Å². The molecule has 7 nitrogen and oxygen atoms in total. The molecule has 2 heterocycles. The van der Waals surface area contributed by atoms with E-state index in [0.717, 1.165) is 32.7 Å². The van der Waals surface area contributed by atoms with E-state index >= 15 is 0 Å². The first-order chi connectivity index (χ1) is 16.1. The van der Waals surface area contributed by atoms with Crippen molar-refractivity contribution in [3.05, 3.63) is 89.4 Å². The molecule has 0 aliphatic carbocycles. The number of methoxy groups -OCH3 is 1. The average Bonchev–Trinajstić information content (AvgIpc) is 3.18. The maximum atomic E-state index is 6.27. The smallest absolute Gasteiger partial charge is 0.186 e. The molecule has 0 spiro atoms. The second-order valence-corrected chi connectivity index (χ2v) is 8.18. The van der Waals surface area contributed by atoms with Crippen LogP contribution in [0.4, 0.5) is 17.2 Å². The van der Waals surface area contributed by atoms with Crippen LogP contribution in [0.5, 0.6) is 5.75 Å². The SMILES string of the molecule is COc1ccc(N=Nc2c(N)nn3c(-c4ccccc4)cc(-c4ccc(Br)cc4)nc23)cc1. The molecule has 0 bridgehead atoms. The van der Waals surface area contributed by atoms with Gasteiger partial charge in [0.05, 0.1) is 24.2 Å². The maximum Gasteiger partial charge on any atom is 0.186 e. The zero-order valence-electron chi connectivity index (χ0n) is 17.7. The van der Waals surface area contributed by atoms with Crippen LogP contribution >= 0.6 is 15.9 Å². The highest BCUT2D eigenvalue weighted by molar-refractivity contribution is 9.10. The van der Waals surface area contributed by atoms with Crippen LogP contribution in [0.3, 0.4) is 0 Å². The van der Waals surface area contributed by atoms with E-state index in [9.17, 15) is 0 Å². The van der Waals surface area contributed by atoms with Crippen molar-refractivity contribution in [3.63, 3.8) is 0 Å². The fourth-order valence-corrected chi connectivity index (χ4v) is 3.72. The van der Waals surface area contributed by atoms with Crippen LogP contribution in [0.25, 0.3) is 28.2 Å². The number of azo groups is 1. The summed E-state index contributed by atoms with van der Waals surface area (Å²) in [4.78, 5) is 4.85. The third-order valence-electron chi connectivity index (χ3n) is 5.14. The Morgan fingerprint density at radius 1 is 0.879 bits per heavy atom. The molecule has 5 rings (SSSR count). The van der Waals surface area contributed by atoms with Crippen molar-refractivity contribution >= 4 is 38.8 Å². The first-order valence-electron chi connectivity index (χ1n) is 10.2. The van der Waals surface area contributed by atoms with Crippen LogP contribution < -0.4 is 10.5 Å². The lowest BCUT2D eigenvalue weighted by atomic mass is 10.1. The number of nitrogen functional groups attached to an aromatic ring is 1. The number of rotatable bonds is 5. The van der Waals surface area contributed by atoms with E-state index in [0.29, 0.717) is 17.0 Å². The van der Waals surface area contributed by atoms with Gasteiger partial charge in [-0.2, -0.15) is 5.11 Å². The van der Waals surface area contributed by atoms with Gasteiger partial charge in [-0.05, 0) is 42.5 Å². The summed E-state index contributed by atoms with van der Waals surface area (Å²) in [6.45, 7) is 0. The number of aromatic nitrogens is 3. The van der Waals surface area contributed by atoms with Crippen LogP contribution in [0.1, 0.15) is 0 Å². The Morgan fingerprint density at radius 2 is 1.61 bits per heavy atom. The molecule has 2 aromatic heterocycles. The molecule has 0 aliphatic heterocycles. The van der Waals surface area contributed by atoms with Crippen molar-refractivity contribution in [2.75, 3.05) is 12.8 Å². The number of halogens is 1. The van der Waals surface area contributed by atoms with Gasteiger partial charge in [-0.3, -0.25) is 0 Å². The zero-order valence-corrected chi connectivity index (χ0v) is 19.3. The first kappa shape index (κ1) is 20.8. The quantitative estimate of drug-likeness (QED) is 0.268. The molecule has 0 radical (unpaired) electrons. The van der Waals surface area contributed by atoms with Crippen molar-refractivity contribution in [3.8, 4) is 28.3 Å². The van der Waals surface area contributed by atoms with Gasteiger partial charge >= 0.3 is 0 Å². The second kappa shape index (κ2) is 8.84. The molecule has 162 valence electrons. The van der Waals surface area contributed by atoms with Crippen LogP contribution in [-0.2, 0) is 0 Å². The van der Waals surface area contributed by atoms with Crippen LogP contribution in [0, 0.1) is 0 Å². The Balaban J connectivity index is 1.68. The van der Waals surface area contributed by atoms with Gasteiger partial charge in [-0.15, -0.1) is 10.2 Å². The van der Waals surface area contributed by atoms with Crippen molar-refractivity contribution in [2.45, 2.75) is 0 Å². The predicted molar refractivity (Wildman–Crippen MR) is 133 cm³/mol. The van der Waals surface area contributed by atoms with E-state index in [4.69, 9.17) is 15.5 Å². The van der Waals surface area contributed by atoms with E-state index in [2.05, 4.69) is 31.3 Å². The fourth-order valence-electron chi connectivity index (χ4n) is 3.46. The highest BCUT2D eigenvalue weighted by Crippen LogP contribution is 2.34. The Bertz CT molecular complexity index is 1450. The lowest BCUT2D eigenvalue weighted by molar-refractivity contribution is 0.415. The van der Waals surface area contributed by atoms with Gasteiger partial charge < -0.3 is 10.5 Å². The van der Waals surface area contributed by atoms with E-state index in [-0.39, 0.29) is 5.82 Å². The van der Waals surface area contributed by atoms with E-state index < -0.39 is 0 Å². The van der Waals surface area contributed by atoms with Gasteiger partial charge in [-0.25, -0.2) is 9.50 Å². The summed E-state index contributed by atoms with van der Waals surface area (Å²) in [6.07, 6.45) is 0. The van der Waals surface area contributed by atoms with Gasteiger partial charge in [0.1, 0.15) is 5.75 Å². The molecular formula is C25H19BrN6O. The lowest BCUT2D eigenvalue weighted by Crippen LogP contribution is -1.98. The molecule has 2 N–H and O–H groups in total. The topological polar surface area (TPSA) is 90.2 Å². The molecule has 33 heavy (non-hydrogen) atoms. The Hall–Kier alpha value is -4.04. The standard InChI is InChI=1S/C25H19BrN6O/c1-33-20-13-11-19(12-14-20)29-30-23-24(27)31-32-22(17-5-3-2-4-6-17)15-21(28-25(23)32)16-7-9-18(26)10-8-16/h2-15H,1H3,(H2,27,31). The molecule has 0 aliphatic rings. The van der Waals surface area contributed by atoms with Gasteiger partial charge in [0.25, 0.3) is 0 Å². The number of hydrogen-bond donors (Lipinski definition) is 1. The van der Waals surface area contributed by atoms with Crippen molar-refractivity contribution < 1.29 is 4.74 Å². The second-order valence-electron chi connectivity index (χ2n) is 7.27.